The maximum absolute atomic E-state index is 11.9. The number of hydrogen-bond donors (Lipinski definition) is 2. The topological polar surface area (TPSA) is 76.4 Å². The molecule has 0 saturated carbocycles. The van der Waals surface area contributed by atoms with Crippen LogP contribution in [-0.2, 0) is 9.53 Å². The second-order valence-corrected chi connectivity index (χ2v) is 5.13. The number of aliphatic hydroxyl groups excluding tert-OH is 1. The highest BCUT2D eigenvalue weighted by molar-refractivity contribution is 5.75. The molecule has 6 nitrogen and oxygen atoms in total. The molecule has 110 valence electrons. The van der Waals surface area contributed by atoms with Crippen molar-refractivity contribution in [2.24, 2.45) is 5.92 Å². The van der Waals surface area contributed by atoms with Crippen molar-refractivity contribution in [3.8, 4) is 5.69 Å². The van der Waals surface area contributed by atoms with Crippen molar-refractivity contribution in [3.63, 3.8) is 0 Å². The molecule has 0 aliphatic carbocycles. The maximum Gasteiger partial charge on any atom is 0.313 e. The monoisotopic (exact) mass is 287 g/mol. The molecule has 21 heavy (non-hydrogen) atoms. The predicted octanol–water partition coefficient (Wildman–Crippen LogP) is 1.43. The number of methoxy groups -OCH3 is 1. The molecule has 1 aliphatic heterocycles. The second-order valence-electron chi connectivity index (χ2n) is 5.13. The maximum atomic E-state index is 11.9. The summed E-state index contributed by atoms with van der Waals surface area (Å²) in [4.78, 5) is 16.1. The van der Waals surface area contributed by atoms with Crippen molar-refractivity contribution in [3.05, 3.63) is 42.0 Å². The molecule has 1 aliphatic rings. The van der Waals surface area contributed by atoms with Gasteiger partial charge in [0.15, 0.2) is 0 Å². The van der Waals surface area contributed by atoms with Crippen molar-refractivity contribution in [1.29, 1.82) is 0 Å². The van der Waals surface area contributed by atoms with Gasteiger partial charge < -0.3 is 15.2 Å². The number of imidazole rings is 1. The van der Waals surface area contributed by atoms with E-state index in [2.05, 4.69) is 10.3 Å². The number of fused-ring (bicyclic) bond motifs is 3. The normalized spacial score (nSPS) is 20.5. The number of nitrogens with zero attached hydrogens (tertiary/aromatic N) is 2. The van der Waals surface area contributed by atoms with Gasteiger partial charge in [0.2, 0.25) is 0 Å². The molecule has 2 N–H and O–H groups in total. The number of nitrogens with one attached hydrogen (secondary N) is 1. The van der Waals surface area contributed by atoms with E-state index in [4.69, 9.17) is 4.74 Å². The fraction of sp³-hybridized carbons (Fsp3) is 0.333. The summed E-state index contributed by atoms with van der Waals surface area (Å²) >= 11 is 0. The highest BCUT2D eigenvalue weighted by Crippen LogP contribution is 2.31. The summed E-state index contributed by atoms with van der Waals surface area (Å²) in [6.45, 7) is 2.29. The number of aromatic nitrogens is 2. The molecule has 0 spiro atoms. The molecule has 1 aromatic heterocycles. The van der Waals surface area contributed by atoms with E-state index < -0.39 is 18.0 Å². The third kappa shape index (κ3) is 2.27. The van der Waals surface area contributed by atoms with E-state index in [1.807, 2.05) is 25.1 Å². The number of esters is 1. The Kier molecular flexibility index (Phi) is 3.39. The van der Waals surface area contributed by atoms with Crippen LogP contribution in [0.1, 0.15) is 17.5 Å². The minimum atomic E-state index is -1.02. The zero-order chi connectivity index (χ0) is 15.0. The Balaban J connectivity index is 2.13. The lowest BCUT2D eigenvalue weighted by Gasteiger charge is -2.26. The number of carbonyl (C=O) groups is 1. The molecule has 0 unspecified atom stereocenters. The third-order valence-corrected chi connectivity index (χ3v) is 3.74. The van der Waals surface area contributed by atoms with Crippen molar-refractivity contribution in [2.75, 3.05) is 19.0 Å². The first kappa shape index (κ1) is 13.6. The summed E-state index contributed by atoms with van der Waals surface area (Å²) in [6, 6.07) is 5.97. The lowest BCUT2D eigenvalue weighted by molar-refractivity contribution is -0.149. The summed E-state index contributed by atoms with van der Waals surface area (Å²) in [5, 5.41) is 13.7. The average molecular weight is 287 g/mol. The average Bonchev–Trinajstić information content (AvgIpc) is 2.95. The zero-order valence-electron chi connectivity index (χ0n) is 11.9. The van der Waals surface area contributed by atoms with Crippen LogP contribution in [0.25, 0.3) is 5.69 Å². The fourth-order valence-electron chi connectivity index (χ4n) is 2.60. The van der Waals surface area contributed by atoms with Crippen molar-refractivity contribution < 1.29 is 14.6 Å². The Morgan fingerprint density at radius 2 is 2.33 bits per heavy atom. The van der Waals surface area contributed by atoms with E-state index in [1.165, 1.54) is 7.11 Å². The molecule has 0 amide bonds. The minimum absolute atomic E-state index is 0.288. The summed E-state index contributed by atoms with van der Waals surface area (Å²) in [5.41, 5.74) is 2.90. The van der Waals surface area contributed by atoms with Crippen molar-refractivity contribution in [1.82, 2.24) is 9.55 Å². The van der Waals surface area contributed by atoms with Gasteiger partial charge in [-0.2, -0.15) is 0 Å². The number of rotatable bonds is 1. The predicted molar refractivity (Wildman–Crippen MR) is 77.3 cm³/mol. The van der Waals surface area contributed by atoms with Crippen LogP contribution in [0.15, 0.2) is 30.6 Å². The van der Waals surface area contributed by atoms with Gasteiger partial charge >= 0.3 is 5.97 Å². The Morgan fingerprint density at radius 1 is 1.52 bits per heavy atom. The first-order chi connectivity index (χ1) is 10.1. The summed E-state index contributed by atoms with van der Waals surface area (Å²) in [7, 11) is 1.32. The fourth-order valence-corrected chi connectivity index (χ4v) is 2.60. The molecule has 2 heterocycles. The van der Waals surface area contributed by atoms with Crippen LogP contribution < -0.4 is 5.32 Å². The van der Waals surface area contributed by atoms with Gasteiger partial charge in [0.05, 0.1) is 18.5 Å². The first-order valence-electron chi connectivity index (χ1n) is 6.76. The molecule has 6 heteroatoms. The van der Waals surface area contributed by atoms with Crippen LogP contribution in [-0.4, -0.2) is 34.3 Å². The van der Waals surface area contributed by atoms with Crippen LogP contribution in [0.5, 0.6) is 0 Å². The molecule has 2 atom stereocenters. The van der Waals surface area contributed by atoms with Gasteiger partial charge in [-0.15, -0.1) is 0 Å². The van der Waals surface area contributed by atoms with Crippen LogP contribution in [0.4, 0.5) is 5.69 Å². The van der Waals surface area contributed by atoms with Crippen LogP contribution >= 0.6 is 0 Å². The first-order valence-corrected chi connectivity index (χ1v) is 6.76. The smallest absolute Gasteiger partial charge is 0.313 e. The Hall–Kier alpha value is -2.34. The van der Waals surface area contributed by atoms with Gasteiger partial charge in [0, 0.05) is 18.9 Å². The highest BCUT2D eigenvalue weighted by Gasteiger charge is 2.33. The lowest BCUT2D eigenvalue weighted by atomic mass is 10.00. The van der Waals surface area contributed by atoms with Gasteiger partial charge in [-0.1, -0.05) is 6.07 Å². The number of hydrogen-bond acceptors (Lipinski definition) is 5. The third-order valence-electron chi connectivity index (χ3n) is 3.74. The van der Waals surface area contributed by atoms with E-state index >= 15 is 0 Å². The molecule has 3 rings (SSSR count). The van der Waals surface area contributed by atoms with Gasteiger partial charge in [0.1, 0.15) is 17.8 Å². The molecular formula is C15H17N3O3. The van der Waals surface area contributed by atoms with E-state index in [9.17, 15) is 9.90 Å². The van der Waals surface area contributed by atoms with Crippen LogP contribution in [0, 0.1) is 12.8 Å². The largest absolute Gasteiger partial charge is 0.469 e. The van der Waals surface area contributed by atoms with E-state index in [-0.39, 0.29) is 6.54 Å². The van der Waals surface area contributed by atoms with Gasteiger partial charge in [-0.25, -0.2) is 4.98 Å². The van der Waals surface area contributed by atoms with E-state index in [0.717, 1.165) is 16.9 Å². The van der Waals surface area contributed by atoms with Crippen molar-refractivity contribution in [2.45, 2.75) is 13.0 Å². The van der Waals surface area contributed by atoms with E-state index in [1.54, 1.807) is 17.0 Å². The number of aliphatic hydroxyl groups is 1. The molecule has 1 aromatic carbocycles. The summed E-state index contributed by atoms with van der Waals surface area (Å²) in [5.74, 6) is -0.718. The SMILES string of the molecule is COC(=O)[C@H]1CNc2ccc(C)cc2-n2ccnc2[C@@H]1O. The number of ether oxygens (including phenoxy) is 1. The Labute approximate surface area is 122 Å². The number of carbonyl (C=O) groups excluding carboxylic acids is 1. The molecule has 0 bridgehead atoms. The lowest BCUT2D eigenvalue weighted by Crippen LogP contribution is -2.33. The second kappa shape index (κ2) is 5.21. The zero-order valence-corrected chi connectivity index (χ0v) is 11.9. The Morgan fingerprint density at radius 3 is 3.10 bits per heavy atom. The molecule has 0 radical (unpaired) electrons. The van der Waals surface area contributed by atoms with Crippen LogP contribution in [0.3, 0.4) is 0 Å². The van der Waals surface area contributed by atoms with Gasteiger partial charge in [0.25, 0.3) is 0 Å². The number of aryl methyl sites for hydroxylation is 1. The van der Waals surface area contributed by atoms with Gasteiger partial charge in [-0.3, -0.25) is 9.36 Å². The number of benzene rings is 1. The highest BCUT2D eigenvalue weighted by atomic mass is 16.5. The molecular weight excluding hydrogens is 270 g/mol. The summed E-state index contributed by atoms with van der Waals surface area (Å²) < 4.78 is 6.58. The van der Waals surface area contributed by atoms with E-state index in [0.29, 0.717) is 5.82 Å². The molecule has 0 saturated heterocycles. The summed E-state index contributed by atoms with van der Waals surface area (Å²) in [6.07, 6.45) is 2.37. The minimum Gasteiger partial charge on any atom is -0.469 e. The van der Waals surface area contributed by atoms with Gasteiger partial charge in [-0.05, 0) is 24.6 Å². The Bertz CT molecular complexity index is 681. The molecule has 2 aromatic rings. The number of anilines is 1. The quantitative estimate of drug-likeness (QED) is 0.776. The standard InChI is InChI=1S/C15H17N3O3/c1-9-3-4-11-12(7-9)18-6-5-16-14(18)13(19)10(8-17-11)15(20)21-2/h3-7,10,13,17,19H,8H2,1-2H3/t10-,13+/m0/s1. The molecule has 0 fully saturated rings. The van der Waals surface area contributed by atoms with Crippen molar-refractivity contribution >= 4 is 11.7 Å². The van der Waals surface area contributed by atoms with Crippen LogP contribution in [0.2, 0.25) is 0 Å².